The molecule has 1 aromatic rings. The first-order valence-electron chi connectivity index (χ1n) is 5.64. The van der Waals surface area contributed by atoms with Gasteiger partial charge in [-0.2, -0.15) is 0 Å². The largest absolute Gasteiger partial charge is 0.486 e. The lowest BCUT2D eigenvalue weighted by atomic mass is 10.0. The molecule has 0 aliphatic rings. The van der Waals surface area contributed by atoms with Gasteiger partial charge in [0.2, 0.25) is 0 Å². The summed E-state index contributed by atoms with van der Waals surface area (Å²) in [5.74, 6) is 0.920. The highest BCUT2D eigenvalue weighted by molar-refractivity contribution is 5.82. The summed E-state index contributed by atoms with van der Waals surface area (Å²) in [6.45, 7) is 4.16. The van der Waals surface area contributed by atoms with Crippen molar-refractivity contribution in [2.45, 2.75) is 26.7 Å². The number of hydrogen-bond acceptors (Lipinski definition) is 3. The van der Waals surface area contributed by atoms with E-state index >= 15 is 0 Å². The van der Waals surface area contributed by atoms with Crippen LogP contribution in [0, 0.1) is 5.92 Å². The van der Waals surface area contributed by atoms with Gasteiger partial charge in [-0.3, -0.25) is 4.79 Å². The van der Waals surface area contributed by atoms with Crippen molar-refractivity contribution < 1.29 is 9.53 Å². The van der Waals surface area contributed by atoms with Gasteiger partial charge in [0.05, 0.1) is 0 Å². The number of anilines is 1. The molecule has 1 unspecified atom stereocenters. The number of carbonyl (C=O) groups excluding carboxylic acids is 1. The molecule has 0 spiro atoms. The zero-order valence-corrected chi connectivity index (χ0v) is 9.90. The first-order chi connectivity index (χ1) is 7.63. The Hall–Kier alpha value is -1.51. The molecule has 3 nitrogen and oxygen atoms in total. The maximum Gasteiger partial charge on any atom is 0.172 e. The summed E-state index contributed by atoms with van der Waals surface area (Å²) in [6, 6.07) is 7.06. The summed E-state index contributed by atoms with van der Waals surface area (Å²) in [5, 5.41) is 0. The Morgan fingerprint density at radius 2 is 2.00 bits per heavy atom. The second-order valence-corrected chi connectivity index (χ2v) is 4.01. The van der Waals surface area contributed by atoms with Gasteiger partial charge in [0.15, 0.2) is 5.78 Å². The van der Waals surface area contributed by atoms with Crippen LogP contribution in [0.1, 0.15) is 26.7 Å². The number of rotatable bonds is 6. The molecular formula is C13H19NO2. The molecule has 0 amide bonds. The molecule has 0 aromatic heterocycles. The Kier molecular flexibility index (Phi) is 4.83. The van der Waals surface area contributed by atoms with Crippen LogP contribution in [0.5, 0.6) is 5.75 Å². The number of nitrogen functional groups attached to an aromatic ring is 1. The lowest BCUT2D eigenvalue weighted by molar-refractivity contribution is -0.124. The first-order valence-corrected chi connectivity index (χ1v) is 5.64. The van der Waals surface area contributed by atoms with E-state index in [1.807, 2.05) is 6.92 Å². The Morgan fingerprint density at radius 3 is 2.56 bits per heavy atom. The third-order valence-corrected chi connectivity index (χ3v) is 2.53. The molecule has 3 heteroatoms. The number of carbonyl (C=O) groups is 1. The minimum absolute atomic E-state index is 0.0822. The summed E-state index contributed by atoms with van der Waals surface area (Å²) in [4.78, 5) is 11.6. The molecule has 0 aliphatic heterocycles. The van der Waals surface area contributed by atoms with Crippen molar-refractivity contribution in [1.82, 2.24) is 0 Å². The van der Waals surface area contributed by atoms with Gasteiger partial charge in [0.25, 0.3) is 0 Å². The molecule has 0 aliphatic carbocycles. The minimum Gasteiger partial charge on any atom is -0.486 e. The van der Waals surface area contributed by atoms with Crippen LogP contribution in [0.4, 0.5) is 5.69 Å². The molecule has 1 aromatic carbocycles. The van der Waals surface area contributed by atoms with E-state index in [1.165, 1.54) is 0 Å². The lowest BCUT2D eigenvalue weighted by Gasteiger charge is -2.10. The van der Waals surface area contributed by atoms with E-state index in [2.05, 4.69) is 6.92 Å². The normalized spacial score (nSPS) is 12.1. The van der Waals surface area contributed by atoms with Gasteiger partial charge in [0.1, 0.15) is 12.4 Å². The van der Waals surface area contributed by atoms with Gasteiger partial charge in [0, 0.05) is 11.6 Å². The number of ketones is 1. The van der Waals surface area contributed by atoms with Crippen molar-refractivity contribution in [3.05, 3.63) is 24.3 Å². The molecule has 0 radical (unpaired) electrons. The molecule has 0 saturated heterocycles. The summed E-state index contributed by atoms with van der Waals surface area (Å²) in [7, 11) is 0. The highest BCUT2D eigenvalue weighted by Gasteiger charge is 2.12. The second-order valence-electron chi connectivity index (χ2n) is 4.01. The van der Waals surface area contributed by atoms with E-state index in [-0.39, 0.29) is 18.3 Å². The monoisotopic (exact) mass is 221 g/mol. The number of Topliss-reactive ketones (excluding diaryl/α,β-unsaturated/α-hetero) is 1. The minimum atomic E-state index is 0.0822. The molecule has 2 N–H and O–H groups in total. The van der Waals surface area contributed by atoms with E-state index in [0.717, 1.165) is 12.8 Å². The summed E-state index contributed by atoms with van der Waals surface area (Å²) in [6.07, 6.45) is 1.94. The van der Waals surface area contributed by atoms with E-state index in [0.29, 0.717) is 11.4 Å². The lowest BCUT2D eigenvalue weighted by Crippen LogP contribution is -2.19. The standard InChI is InChI=1S/C13H19NO2/c1-3-4-10(2)13(15)9-16-12-7-5-11(14)6-8-12/h5-8,10H,3-4,9,14H2,1-2H3. The Balaban J connectivity index is 2.39. The molecule has 88 valence electrons. The topological polar surface area (TPSA) is 52.3 Å². The van der Waals surface area contributed by atoms with Gasteiger partial charge >= 0.3 is 0 Å². The van der Waals surface area contributed by atoms with Crippen LogP contribution in [0.2, 0.25) is 0 Å². The number of ether oxygens (including phenoxy) is 1. The van der Waals surface area contributed by atoms with Crippen LogP contribution in [0.25, 0.3) is 0 Å². The maximum absolute atomic E-state index is 11.6. The van der Waals surface area contributed by atoms with Crippen molar-refractivity contribution in [1.29, 1.82) is 0 Å². The van der Waals surface area contributed by atoms with Crippen molar-refractivity contribution in [2.24, 2.45) is 5.92 Å². The van der Waals surface area contributed by atoms with Crippen LogP contribution >= 0.6 is 0 Å². The van der Waals surface area contributed by atoms with Crippen LogP contribution < -0.4 is 10.5 Å². The zero-order chi connectivity index (χ0) is 12.0. The van der Waals surface area contributed by atoms with Crippen LogP contribution in [-0.2, 0) is 4.79 Å². The Labute approximate surface area is 96.6 Å². The van der Waals surface area contributed by atoms with E-state index in [9.17, 15) is 4.79 Å². The number of nitrogens with two attached hydrogens (primary N) is 1. The van der Waals surface area contributed by atoms with Gasteiger partial charge in [-0.1, -0.05) is 20.3 Å². The molecular weight excluding hydrogens is 202 g/mol. The van der Waals surface area contributed by atoms with Crippen molar-refractivity contribution in [3.63, 3.8) is 0 Å². The highest BCUT2D eigenvalue weighted by Crippen LogP contribution is 2.14. The number of hydrogen-bond donors (Lipinski definition) is 1. The second kappa shape index (κ2) is 6.16. The zero-order valence-electron chi connectivity index (χ0n) is 9.90. The van der Waals surface area contributed by atoms with E-state index in [1.54, 1.807) is 24.3 Å². The Bertz CT molecular complexity index is 332. The summed E-state index contributed by atoms with van der Waals surface area (Å²) >= 11 is 0. The molecule has 0 heterocycles. The summed E-state index contributed by atoms with van der Waals surface area (Å²) in [5.41, 5.74) is 6.24. The van der Waals surface area contributed by atoms with Gasteiger partial charge in [-0.05, 0) is 30.7 Å². The van der Waals surface area contributed by atoms with Crippen LogP contribution in [-0.4, -0.2) is 12.4 Å². The average molecular weight is 221 g/mol. The first kappa shape index (κ1) is 12.6. The third-order valence-electron chi connectivity index (χ3n) is 2.53. The fraction of sp³-hybridized carbons (Fsp3) is 0.462. The fourth-order valence-electron chi connectivity index (χ4n) is 1.45. The summed E-state index contributed by atoms with van der Waals surface area (Å²) < 4.78 is 5.39. The molecule has 1 atom stereocenters. The quantitative estimate of drug-likeness (QED) is 0.751. The Morgan fingerprint density at radius 1 is 1.38 bits per heavy atom. The molecule has 0 saturated carbocycles. The number of benzene rings is 1. The van der Waals surface area contributed by atoms with Gasteiger partial charge < -0.3 is 10.5 Å². The van der Waals surface area contributed by atoms with Gasteiger partial charge in [-0.15, -0.1) is 0 Å². The van der Waals surface area contributed by atoms with Crippen molar-refractivity contribution in [3.8, 4) is 5.75 Å². The van der Waals surface area contributed by atoms with Gasteiger partial charge in [-0.25, -0.2) is 0 Å². The molecule has 0 fully saturated rings. The molecule has 0 bridgehead atoms. The predicted molar refractivity (Wildman–Crippen MR) is 65.4 cm³/mol. The third kappa shape index (κ3) is 3.93. The van der Waals surface area contributed by atoms with Crippen LogP contribution in [0.3, 0.4) is 0 Å². The van der Waals surface area contributed by atoms with Crippen LogP contribution in [0.15, 0.2) is 24.3 Å². The predicted octanol–water partition coefficient (Wildman–Crippen LogP) is 2.65. The van der Waals surface area contributed by atoms with E-state index < -0.39 is 0 Å². The maximum atomic E-state index is 11.6. The smallest absolute Gasteiger partial charge is 0.172 e. The highest BCUT2D eigenvalue weighted by atomic mass is 16.5. The van der Waals surface area contributed by atoms with E-state index in [4.69, 9.17) is 10.5 Å². The SMILES string of the molecule is CCCC(C)C(=O)COc1ccc(N)cc1. The molecule has 1 rings (SSSR count). The fourth-order valence-corrected chi connectivity index (χ4v) is 1.45. The van der Waals surface area contributed by atoms with Crippen molar-refractivity contribution >= 4 is 11.5 Å². The average Bonchev–Trinajstić information content (AvgIpc) is 2.28. The molecule has 16 heavy (non-hydrogen) atoms. The van der Waals surface area contributed by atoms with Crippen molar-refractivity contribution in [2.75, 3.05) is 12.3 Å².